The van der Waals surface area contributed by atoms with Crippen LogP contribution in [0, 0.1) is 0 Å². The Labute approximate surface area is 173 Å². The number of nitrogens with zero attached hydrogens (tertiary/aromatic N) is 3. The van der Waals surface area contributed by atoms with E-state index in [0.29, 0.717) is 28.8 Å². The van der Waals surface area contributed by atoms with Crippen LogP contribution in [-0.4, -0.2) is 36.8 Å². The van der Waals surface area contributed by atoms with Crippen molar-refractivity contribution in [1.82, 2.24) is 14.8 Å². The van der Waals surface area contributed by atoms with Crippen LogP contribution >= 0.6 is 11.8 Å². The van der Waals surface area contributed by atoms with Crippen LogP contribution < -0.4 is 5.32 Å². The summed E-state index contributed by atoms with van der Waals surface area (Å²) in [7, 11) is 0. The summed E-state index contributed by atoms with van der Waals surface area (Å²) >= 11 is 1.32. The Morgan fingerprint density at radius 2 is 1.76 bits per heavy atom. The number of aromatic nitrogens is 3. The molecule has 0 spiro atoms. The summed E-state index contributed by atoms with van der Waals surface area (Å²) < 4.78 is 1.93. The Morgan fingerprint density at radius 1 is 1.10 bits per heavy atom. The van der Waals surface area contributed by atoms with E-state index in [4.69, 9.17) is 0 Å². The monoisotopic (exact) mass is 410 g/mol. The van der Waals surface area contributed by atoms with Gasteiger partial charge < -0.3 is 15.0 Å². The molecule has 3 rings (SSSR count). The van der Waals surface area contributed by atoms with E-state index in [-0.39, 0.29) is 17.4 Å². The molecule has 3 aromatic rings. The number of rotatable bonds is 7. The fourth-order valence-electron chi connectivity index (χ4n) is 2.73. The summed E-state index contributed by atoms with van der Waals surface area (Å²) in [5, 5.41) is 21.1. The van der Waals surface area contributed by atoms with Gasteiger partial charge in [0, 0.05) is 23.4 Å². The van der Waals surface area contributed by atoms with Crippen molar-refractivity contribution in [2.45, 2.75) is 37.7 Å². The minimum absolute atomic E-state index is 0.0184. The number of anilines is 1. The first kappa shape index (κ1) is 20.6. The molecule has 150 valence electrons. The van der Waals surface area contributed by atoms with E-state index < -0.39 is 5.25 Å². The number of Topliss-reactive ketones (excluding diaryl/α,β-unsaturated/α-hetero) is 1. The molecule has 1 amide bonds. The van der Waals surface area contributed by atoms with Crippen molar-refractivity contribution < 1.29 is 14.7 Å². The molecule has 0 saturated heterocycles. The largest absolute Gasteiger partial charge is 0.508 e. The number of carbonyl (C=O) groups excluding carboxylic acids is 2. The summed E-state index contributed by atoms with van der Waals surface area (Å²) in [6, 6.07) is 13.6. The molecule has 0 aliphatic rings. The Morgan fingerprint density at radius 3 is 2.34 bits per heavy atom. The van der Waals surface area contributed by atoms with Gasteiger partial charge >= 0.3 is 0 Å². The standard InChI is InChI=1S/C21H22N4O3S/c1-4-25-19(16-7-11-18(27)12-8-16)23-24-21(25)29-14(3)20(28)22-17-9-5-15(6-10-17)13(2)26/h5-12,14,27H,4H2,1-3H3,(H,22,28)/t14-/m0/s1. The maximum absolute atomic E-state index is 12.6. The van der Waals surface area contributed by atoms with Crippen LogP contribution in [-0.2, 0) is 11.3 Å². The van der Waals surface area contributed by atoms with E-state index in [9.17, 15) is 14.7 Å². The van der Waals surface area contributed by atoms with Crippen molar-refractivity contribution >= 4 is 29.1 Å². The second-order valence-corrected chi connectivity index (χ2v) is 7.79. The highest BCUT2D eigenvalue weighted by molar-refractivity contribution is 8.00. The van der Waals surface area contributed by atoms with Crippen LogP contribution in [0.2, 0.25) is 0 Å². The second kappa shape index (κ2) is 8.91. The molecule has 0 bridgehead atoms. The van der Waals surface area contributed by atoms with E-state index in [2.05, 4.69) is 15.5 Å². The smallest absolute Gasteiger partial charge is 0.237 e. The number of hydrogen-bond acceptors (Lipinski definition) is 6. The molecule has 0 unspecified atom stereocenters. The van der Waals surface area contributed by atoms with E-state index >= 15 is 0 Å². The van der Waals surface area contributed by atoms with Gasteiger partial charge in [0.15, 0.2) is 16.8 Å². The lowest BCUT2D eigenvalue weighted by atomic mass is 10.1. The molecule has 7 nitrogen and oxygen atoms in total. The zero-order valence-electron chi connectivity index (χ0n) is 16.4. The SMILES string of the molecule is CCn1c(S[C@@H](C)C(=O)Nc2ccc(C(C)=O)cc2)nnc1-c1ccc(O)cc1. The van der Waals surface area contributed by atoms with Gasteiger partial charge in [-0.2, -0.15) is 0 Å². The van der Waals surface area contributed by atoms with E-state index in [1.165, 1.54) is 18.7 Å². The van der Waals surface area contributed by atoms with Crippen LogP contribution in [0.25, 0.3) is 11.4 Å². The van der Waals surface area contributed by atoms with Gasteiger partial charge in [-0.05, 0) is 69.3 Å². The number of phenolic OH excluding ortho intramolecular Hbond substituents is 1. The van der Waals surface area contributed by atoms with Gasteiger partial charge in [-0.3, -0.25) is 9.59 Å². The predicted molar refractivity (Wildman–Crippen MR) is 113 cm³/mol. The maximum Gasteiger partial charge on any atom is 0.237 e. The van der Waals surface area contributed by atoms with Crippen molar-refractivity contribution in [2.24, 2.45) is 0 Å². The number of carbonyl (C=O) groups is 2. The molecule has 2 N–H and O–H groups in total. The first-order valence-electron chi connectivity index (χ1n) is 9.20. The molecule has 0 saturated carbocycles. The summed E-state index contributed by atoms with van der Waals surface area (Å²) in [6.45, 7) is 5.94. The van der Waals surface area contributed by atoms with Crippen molar-refractivity contribution in [3.63, 3.8) is 0 Å². The van der Waals surface area contributed by atoms with Crippen LogP contribution in [0.3, 0.4) is 0 Å². The lowest BCUT2D eigenvalue weighted by Crippen LogP contribution is -2.23. The zero-order chi connectivity index (χ0) is 21.0. The third kappa shape index (κ3) is 4.83. The van der Waals surface area contributed by atoms with Gasteiger partial charge in [-0.15, -0.1) is 10.2 Å². The molecule has 0 aliphatic heterocycles. The predicted octanol–water partition coefficient (Wildman–Crippen LogP) is 3.99. The molecule has 1 heterocycles. The average molecular weight is 410 g/mol. The summed E-state index contributed by atoms with van der Waals surface area (Å²) in [6.07, 6.45) is 0. The summed E-state index contributed by atoms with van der Waals surface area (Å²) in [5.74, 6) is 0.688. The van der Waals surface area contributed by atoms with Gasteiger partial charge in [0.1, 0.15) is 5.75 Å². The number of hydrogen-bond donors (Lipinski definition) is 2. The fourth-order valence-corrected chi connectivity index (χ4v) is 3.64. The van der Waals surface area contributed by atoms with Crippen LogP contribution in [0.15, 0.2) is 53.7 Å². The average Bonchev–Trinajstić information content (AvgIpc) is 3.11. The molecule has 1 atom stereocenters. The van der Waals surface area contributed by atoms with E-state index in [1.807, 2.05) is 11.5 Å². The number of thioether (sulfide) groups is 1. The Hall–Kier alpha value is -3.13. The molecule has 0 aliphatic carbocycles. The highest BCUT2D eigenvalue weighted by atomic mass is 32.2. The molecule has 0 fully saturated rings. The van der Waals surface area contributed by atoms with Crippen molar-refractivity contribution in [1.29, 1.82) is 0 Å². The minimum atomic E-state index is -0.398. The number of nitrogens with one attached hydrogen (secondary N) is 1. The molecular weight excluding hydrogens is 388 g/mol. The number of aromatic hydroxyl groups is 1. The molecule has 1 aromatic heterocycles. The van der Waals surface area contributed by atoms with Crippen molar-refractivity contribution in [3.8, 4) is 17.1 Å². The van der Waals surface area contributed by atoms with Gasteiger partial charge in [0.25, 0.3) is 0 Å². The lowest BCUT2D eigenvalue weighted by Gasteiger charge is -2.13. The van der Waals surface area contributed by atoms with Gasteiger partial charge in [-0.1, -0.05) is 11.8 Å². The number of benzene rings is 2. The zero-order valence-corrected chi connectivity index (χ0v) is 17.2. The highest BCUT2D eigenvalue weighted by Crippen LogP contribution is 2.28. The maximum atomic E-state index is 12.6. The molecule has 0 radical (unpaired) electrons. The fraction of sp³-hybridized carbons (Fsp3) is 0.238. The van der Waals surface area contributed by atoms with Gasteiger partial charge in [0.2, 0.25) is 5.91 Å². The molecular formula is C21H22N4O3S. The van der Waals surface area contributed by atoms with E-state index in [1.54, 1.807) is 55.5 Å². The third-order valence-electron chi connectivity index (χ3n) is 4.37. The first-order valence-corrected chi connectivity index (χ1v) is 10.1. The Balaban J connectivity index is 1.71. The summed E-state index contributed by atoms with van der Waals surface area (Å²) in [4.78, 5) is 23.9. The Kier molecular flexibility index (Phi) is 6.33. The number of ketones is 1. The lowest BCUT2D eigenvalue weighted by molar-refractivity contribution is -0.115. The normalized spacial score (nSPS) is 11.8. The minimum Gasteiger partial charge on any atom is -0.508 e. The van der Waals surface area contributed by atoms with Crippen molar-refractivity contribution in [3.05, 3.63) is 54.1 Å². The van der Waals surface area contributed by atoms with Crippen LogP contribution in [0.1, 0.15) is 31.1 Å². The van der Waals surface area contributed by atoms with Crippen molar-refractivity contribution in [2.75, 3.05) is 5.32 Å². The number of amides is 1. The number of phenols is 1. The highest BCUT2D eigenvalue weighted by Gasteiger charge is 2.20. The molecule has 2 aromatic carbocycles. The quantitative estimate of drug-likeness (QED) is 0.451. The Bertz CT molecular complexity index is 1010. The van der Waals surface area contributed by atoms with Gasteiger partial charge in [0.05, 0.1) is 5.25 Å². The molecule has 29 heavy (non-hydrogen) atoms. The van der Waals surface area contributed by atoms with Gasteiger partial charge in [-0.25, -0.2) is 0 Å². The van der Waals surface area contributed by atoms with Crippen LogP contribution in [0.5, 0.6) is 5.75 Å². The topological polar surface area (TPSA) is 97.1 Å². The first-order chi connectivity index (χ1) is 13.9. The third-order valence-corrected chi connectivity index (χ3v) is 5.45. The molecule has 8 heteroatoms. The second-order valence-electron chi connectivity index (χ2n) is 6.48. The summed E-state index contributed by atoms with van der Waals surface area (Å²) in [5.41, 5.74) is 2.07. The van der Waals surface area contributed by atoms with Crippen LogP contribution in [0.4, 0.5) is 5.69 Å². The van der Waals surface area contributed by atoms with E-state index in [0.717, 1.165) is 5.56 Å².